The van der Waals surface area contributed by atoms with Crippen LogP contribution in [0.2, 0.25) is 0 Å². The zero-order valence-corrected chi connectivity index (χ0v) is 11.7. The van der Waals surface area contributed by atoms with Gasteiger partial charge in [0.05, 0.1) is 5.41 Å². The van der Waals surface area contributed by atoms with Gasteiger partial charge >= 0.3 is 5.97 Å². The van der Waals surface area contributed by atoms with Gasteiger partial charge in [-0.2, -0.15) is 0 Å². The second-order valence-corrected chi connectivity index (χ2v) is 6.00. The van der Waals surface area contributed by atoms with E-state index in [0.717, 1.165) is 31.6 Å². The molecule has 0 saturated carbocycles. The average molecular weight is 262 g/mol. The topological polar surface area (TPSA) is 46.5 Å². The van der Waals surface area contributed by atoms with Crippen molar-refractivity contribution in [2.45, 2.75) is 39.0 Å². The summed E-state index contributed by atoms with van der Waals surface area (Å²) >= 11 is 0. The standard InChI is InChI=1S/C16H22O3/c1-16(2,15(17)18)11-12-4-3-5-14(10-12)13-6-8-19-9-7-13/h3-5,10,13H,6-9,11H2,1-2H3,(H,17,18). The maximum absolute atomic E-state index is 11.2. The Bertz CT molecular complexity index is 445. The Labute approximate surface area is 114 Å². The Hall–Kier alpha value is -1.35. The zero-order chi connectivity index (χ0) is 13.9. The molecule has 1 aromatic rings. The van der Waals surface area contributed by atoms with Crippen molar-refractivity contribution < 1.29 is 14.6 Å². The monoisotopic (exact) mass is 262 g/mol. The molecule has 0 radical (unpaired) electrons. The molecule has 0 bridgehead atoms. The molecule has 1 saturated heterocycles. The van der Waals surface area contributed by atoms with Crippen LogP contribution in [-0.2, 0) is 16.0 Å². The fourth-order valence-corrected chi connectivity index (χ4v) is 2.57. The molecule has 19 heavy (non-hydrogen) atoms. The molecule has 1 fully saturated rings. The largest absolute Gasteiger partial charge is 0.481 e. The van der Waals surface area contributed by atoms with Crippen LogP contribution in [0.3, 0.4) is 0 Å². The lowest BCUT2D eigenvalue weighted by Gasteiger charge is -2.24. The van der Waals surface area contributed by atoms with Gasteiger partial charge in [-0.1, -0.05) is 24.3 Å². The molecule has 1 N–H and O–H groups in total. The lowest BCUT2D eigenvalue weighted by Crippen LogP contribution is -2.26. The van der Waals surface area contributed by atoms with E-state index in [1.165, 1.54) is 5.56 Å². The van der Waals surface area contributed by atoms with Crippen LogP contribution in [-0.4, -0.2) is 24.3 Å². The van der Waals surface area contributed by atoms with Crippen molar-refractivity contribution in [1.29, 1.82) is 0 Å². The lowest BCUT2D eigenvalue weighted by atomic mass is 9.84. The van der Waals surface area contributed by atoms with Gasteiger partial charge in [-0.3, -0.25) is 4.79 Å². The average Bonchev–Trinajstić information content (AvgIpc) is 2.39. The summed E-state index contributed by atoms with van der Waals surface area (Å²) in [4.78, 5) is 11.2. The van der Waals surface area contributed by atoms with E-state index < -0.39 is 11.4 Å². The molecule has 3 nitrogen and oxygen atoms in total. The van der Waals surface area contributed by atoms with Gasteiger partial charge in [-0.15, -0.1) is 0 Å². The van der Waals surface area contributed by atoms with Crippen molar-refractivity contribution in [3.05, 3.63) is 35.4 Å². The van der Waals surface area contributed by atoms with Crippen LogP contribution < -0.4 is 0 Å². The number of aliphatic carboxylic acids is 1. The highest BCUT2D eigenvalue weighted by Gasteiger charge is 2.27. The summed E-state index contributed by atoms with van der Waals surface area (Å²) in [6.45, 7) is 5.21. The first-order chi connectivity index (χ1) is 8.99. The fraction of sp³-hybridized carbons (Fsp3) is 0.562. The number of benzene rings is 1. The smallest absolute Gasteiger partial charge is 0.309 e. The van der Waals surface area contributed by atoms with Gasteiger partial charge < -0.3 is 9.84 Å². The molecule has 0 amide bonds. The molecule has 0 spiro atoms. The van der Waals surface area contributed by atoms with Crippen LogP contribution in [0.4, 0.5) is 0 Å². The van der Waals surface area contributed by atoms with Gasteiger partial charge in [0.1, 0.15) is 0 Å². The molecule has 2 rings (SSSR count). The van der Waals surface area contributed by atoms with Gasteiger partial charge in [0, 0.05) is 13.2 Å². The van der Waals surface area contributed by atoms with Crippen LogP contribution >= 0.6 is 0 Å². The van der Waals surface area contributed by atoms with Crippen LogP contribution in [0.15, 0.2) is 24.3 Å². The third-order valence-corrected chi connectivity index (χ3v) is 3.87. The summed E-state index contributed by atoms with van der Waals surface area (Å²) in [5, 5.41) is 9.20. The minimum Gasteiger partial charge on any atom is -0.481 e. The summed E-state index contributed by atoms with van der Waals surface area (Å²) in [5.41, 5.74) is 1.72. The zero-order valence-electron chi connectivity index (χ0n) is 11.7. The van der Waals surface area contributed by atoms with Crippen LogP contribution in [0, 0.1) is 5.41 Å². The van der Waals surface area contributed by atoms with Gasteiger partial charge in [0.2, 0.25) is 0 Å². The summed E-state index contributed by atoms with van der Waals surface area (Å²) < 4.78 is 5.39. The van der Waals surface area contributed by atoms with Gasteiger partial charge in [-0.05, 0) is 50.2 Å². The quantitative estimate of drug-likeness (QED) is 0.906. The number of carboxylic acid groups (broad SMARTS) is 1. The van der Waals surface area contributed by atoms with E-state index in [0.29, 0.717) is 12.3 Å². The Morgan fingerprint density at radius 2 is 2.05 bits per heavy atom. The Morgan fingerprint density at radius 3 is 2.68 bits per heavy atom. The normalized spacial score (nSPS) is 17.4. The highest BCUT2D eigenvalue weighted by Crippen LogP contribution is 2.29. The van der Waals surface area contributed by atoms with Crippen molar-refractivity contribution >= 4 is 5.97 Å². The molecule has 1 aliphatic heterocycles. The Morgan fingerprint density at radius 1 is 1.37 bits per heavy atom. The van der Waals surface area contributed by atoms with E-state index in [1.54, 1.807) is 13.8 Å². The first kappa shape index (κ1) is 14.1. The summed E-state index contributed by atoms with van der Waals surface area (Å²) in [5.74, 6) is -0.189. The molecule has 0 unspecified atom stereocenters. The van der Waals surface area contributed by atoms with Crippen LogP contribution in [0.5, 0.6) is 0 Å². The van der Waals surface area contributed by atoms with Crippen molar-refractivity contribution in [3.8, 4) is 0 Å². The first-order valence-electron chi connectivity index (χ1n) is 6.89. The Kier molecular flexibility index (Phi) is 4.25. The molecule has 104 valence electrons. The van der Waals surface area contributed by atoms with E-state index in [9.17, 15) is 9.90 Å². The van der Waals surface area contributed by atoms with E-state index >= 15 is 0 Å². The fourth-order valence-electron chi connectivity index (χ4n) is 2.57. The van der Waals surface area contributed by atoms with E-state index in [1.807, 2.05) is 12.1 Å². The van der Waals surface area contributed by atoms with E-state index in [-0.39, 0.29) is 0 Å². The van der Waals surface area contributed by atoms with Crippen molar-refractivity contribution in [3.63, 3.8) is 0 Å². The van der Waals surface area contributed by atoms with Gasteiger partial charge in [0.15, 0.2) is 0 Å². The van der Waals surface area contributed by atoms with Crippen molar-refractivity contribution in [1.82, 2.24) is 0 Å². The maximum atomic E-state index is 11.2. The van der Waals surface area contributed by atoms with Crippen LogP contribution in [0.25, 0.3) is 0 Å². The minimum atomic E-state index is -0.746. The number of rotatable bonds is 4. The number of carbonyl (C=O) groups is 1. The van der Waals surface area contributed by atoms with Gasteiger partial charge in [-0.25, -0.2) is 0 Å². The summed E-state index contributed by atoms with van der Waals surface area (Å²) in [6.07, 6.45) is 2.69. The summed E-state index contributed by atoms with van der Waals surface area (Å²) in [6, 6.07) is 8.37. The second-order valence-electron chi connectivity index (χ2n) is 6.00. The molecule has 1 aromatic carbocycles. The maximum Gasteiger partial charge on any atom is 0.309 e. The first-order valence-corrected chi connectivity index (χ1v) is 6.89. The number of ether oxygens (including phenoxy) is 1. The number of carboxylic acids is 1. The molecular weight excluding hydrogens is 240 g/mol. The lowest BCUT2D eigenvalue weighted by molar-refractivity contribution is -0.146. The highest BCUT2D eigenvalue weighted by atomic mass is 16.5. The van der Waals surface area contributed by atoms with E-state index in [4.69, 9.17) is 4.74 Å². The van der Waals surface area contributed by atoms with Gasteiger partial charge in [0.25, 0.3) is 0 Å². The third kappa shape index (κ3) is 3.57. The molecule has 3 heteroatoms. The van der Waals surface area contributed by atoms with Crippen LogP contribution in [0.1, 0.15) is 43.7 Å². The molecule has 1 aliphatic rings. The SMILES string of the molecule is CC(C)(Cc1cccc(C2CCOCC2)c1)C(=O)O. The third-order valence-electron chi connectivity index (χ3n) is 3.87. The number of hydrogen-bond donors (Lipinski definition) is 1. The summed E-state index contributed by atoms with van der Waals surface area (Å²) in [7, 11) is 0. The number of hydrogen-bond acceptors (Lipinski definition) is 2. The predicted octanol–water partition coefficient (Wildman–Crippen LogP) is 3.23. The molecule has 0 aromatic heterocycles. The van der Waals surface area contributed by atoms with Crippen molar-refractivity contribution in [2.24, 2.45) is 5.41 Å². The minimum absolute atomic E-state index is 0.557. The highest BCUT2D eigenvalue weighted by molar-refractivity contribution is 5.74. The molecule has 0 aliphatic carbocycles. The second kappa shape index (κ2) is 5.74. The molecule has 1 heterocycles. The molecule has 0 atom stereocenters. The Balaban J connectivity index is 2.12. The van der Waals surface area contributed by atoms with Crippen molar-refractivity contribution in [2.75, 3.05) is 13.2 Å². The molecular formula is C16H22O3. The van der Waals surface area contributed by atoms with E-state index in [2.05, 4.69) is 12.1 Å². The predicted molar refractivity (Wildman–Crippen MR) is 74.4 cm³/mol.